The highest BCUT2D eigenvalue weighted by atomic mass is 16.5. The molecule has 4 nitrogen and oxygen atoms in total. The fraction of sp³-hybridized carbons (Fsp3) is 0.364. The van der Waals surface area contributed by atoms with E-state index >= 15 is 0 Å². The smallest absolute Gasteiger partial charge is 0.133 e. The Labute approximate surface area is 88.5 Å². The molecule has 0 radical (unpaired) electrons. The molecule has 1 heterocycles. The van der Waals surface area contributed by atoms with Crippen LogP contribution in [0, 0.1) is 0 Å². The third-order valence-electron chi connectivity index (χ3n) is 2.11. The molecule has 4 heteroatoms. The average Bonchev–Trinajstić information content (AvgIpc) is 2.56. The molecule has 0 aliphatic carbocycles. The molecule has 2 aromatic rings. The first-order valence-corrected chi connectivity index (χ1v) is 5.01. The quantitative estimate of drug-likeness (QED) is 0.754. The molecule has 0 saturated carbocycles. The first-order chi connectivity index (χ1) is 7.15. The molecule has 0 bridgehead atoms. The monoisotopic (exact) mass is 205 g/mol. The summed E-state index contributed by atoms with van der Waals surface area (Å²) in [5.41, 5.74) is 8.29. The number of anilines is 1. The number of hydrogen-bond donors (Lipinski definition) is 2. The SMILES string of the molecule is CC(C)OCc1nc2ccc(N)cc2[nH]1. The van der Waals surface area contributed by atoms with Crippen LogP contribution in [0.5, 0.6) is 0 Å². The van der Waals surface area contributed by atoms with Crippen molar-refractivity contribution < 1.29 is 4.74 Å². The number of nitrogens with zero attached hydrogens (tertiary/aromatic N) is 1. The molecular weight excluding hydrogens is 190 g/mol. The van der Waals surface area contributed by atoms with Crippen LogP contribution < -0.4 is 5.73 Å². The maximum atomic E-state index is 5.68. The van der Waals surface area contributed by atoms with E-state index in [4.69, 9.17) is 10.5 Å². The van der Waals surface area contributed by atoms with Gasteiger partial charge in [0, 0.05) is 5.69 Å². The van der Waals surface area contributed by atoms with E-state index in [0.29, 0.717) is 6.61 Å². The predicted molar refractivity (Wildman–Crippen MR) is 60.4 cm³/mol. The zero-order chi connectivity index (χ0) is 10.8. The highest BCUT2D eigenvalue weighted by Crippen LogP contribution is 2.15. The Hall–Kier alpha value is -1.55. The highest BCUT2D eigenvalue weighted by Gasteiger charge is 2.03. The summed E-state index contributed by atoms with van der Waals surface area (Å²) in [6, 6.07) is 5.62. The van der Waals surface area contributed by atoms with Gasteiger partial charge in [-0.15, -0.1) is 0 Å². The lowest BCUT2D eigenvalue weighted by Crippen LogP contribution is -2.03. The molecule has 1 aromatic carbocycles. The van der Waals surface area contributed by atoms with Crippen molar-refractivity contribution in [3.63, 3.8) is 0 Å². The summed E-state index contributed by atoms with van der Waals surface area (Å²) in [4.78, 5) is 7.57. The van der Waals surface area contributed by atoms with Crippen molar-refractivity contribution in [2.75, 3.05) is 5.73 Å². The summed E-state index contributed by atoms with van der Waals surface area (Å²) in [5, 5.41) is 0. The number of imidazole rings is 1. The van der Waals surface area contributed by atoms with Gasteiger partial charge in [0.15, 0.2) is 0 Å². The van der Waals surface area contributed by atoms with Gasteiger partial charge in [0.1, 0.15) is 12.4 Å². The molecule has 0 unspecified atom stereocenters. The first kappa shape index (κ1) is 9.98. The van der Waals surface area contributed by atoms with Crippen LogP contribution in [0.4, 0.5) is 5.69 Å². The molecular formula is C11H15N3O. The lowest BCUT2D eigenvalue weighted by atomic mass is 10.3. The van der Waals surface area contributed by atoms with E-state index in [-0.39, 0.29) is 6.10 Å². The van der Waals surface area contributed by atoms with Crippen molar-refractivity contribution >= 4 is 16.7 Å². The Morgan fingerprint density at radius 2 is 2.27 bits per heavy atom. The van der Waals surface area contributed by atoms with E-state index in [2.05, 4.69) is 9.97 Å². The number of hydrogen-bond acceptors (Lipinski definition) is 3. The third kappa shape index (κ3) is 2.27. The van der Waals surface area contributed by atoms with Crippen LogP contribution in [0.1, 0.15) is 19.7 Å². The second kappa shape index (κ2) is 3.90. The Morgan fingerprint density at radius 1 is 1.47 bits per heavy atom. The Balaban J connectivity index is 2.23. The maximum absolute atomic E-state index is 5.68. The van der Waals surface area contributed by atoms with Gasteiger partial charge in [-0.05, 0) is 32.0 Å². The summed E-state index contributed by atoms with van der Waals surface area (Å²) in [6.07, 6.45) is 0.211. The maximum Gasteiger partial charge on any atom is 0.133 e. The van der Waals surface area contributed by atoms with Gasteiger partial charge in [0.25, 0.3) is 0 Å². The topological polar surface area (TPSA) is 63.9 Å². The van der Waals surface area contributed by atoms with Crippen LogP contribution in [0.2, 0.25) is 0 Å². The molecule has 2 rings (SSSR count). The van der Waals surface area contributed by atoms with Crippen LogP contribution in [-0.2, 0) is 11.3 Å². The molecule has 0 spiro atoms. The summed E-state index contributed by atoms with van der Waals surface area (Å²) >= 11 is 0. The van der Waals surface area contributed by atoms with Crippen LogP contribution in [0.25, 0.3) is 11.0 Å². The number of ether oxygens (including phenoxy) is 1. The average molecular weight is 205 g/mol. The number of nitrogens with two attached hydrogens (primary N) is 1. The second-order valence-corrected chi connectivity index (χ2v) is 3.82. The van der Waals surface area contributed by atoms with Gasteiger partial charge >= 0.3 is 0 Å². The minimum Gasteiger partial charge on any atom is -0.399 e. The van der Waals surface area contributed by atoms with E-state index in [1.54, 1.807) is 0 Å². The Morgan fingerprint density at radius 3 is 3.00 bits per heavy atom. The molecule has 0 aliphatic rings. The molecule has 3 N–H and O–H groups in total. The number of benzene rings is 1. The first-order valence-electron chi connectivity index (χ1n) is 5.01. The summed E-state index contributed by atoms with van der Waals surface area (Å²) in [6.45, 7) is 4.51. The molecule has 0 amide bonds. The van der Waals surface area contributed by atoms with E-state index in [1.165, 1.54) is 0 Å². The largest absolute Gasteiger partial charge is 0.399 e. The number of fused-ring (bicyclic) bond motifs is 1. The number of H-pyrrole nitrogens is 1. The van der Waals surface area contributed by atoms with Crippen molar-refractivity contribution in [2.24, 2.45) is 0 Å². The minimum atomic E-state index is 0.211. The standard InChI is InChI=1S/C11H15N3O/c1-7(2)15-6-11-13-9-4-3-8(12)5-10(9)14-11/h3-5,7H,6,12H2,1-2H3,(H,13,14). The fourth-order valence-corrected chi connectivity index (χ4v) is 1.39. The molecule has 1 aromatic heterocycles. The summed E-state index contributed by atoms with van der Waals surface area (Å²) < 4.78 is 5.46. The van der Waals surface area contributed by atoms with Gasteiger partial charge in [-0.2, -0.15) is 0 Å². The van der Waals surface area contributed by atoms with Gasteiger partial charge in [-0.25, -0.2) is 4.98 Å². The van der Waals surface area contributed by atoms with E-state index < -0.39 is 0 Å². The van der Waals surface area contributed by atoms with Gasteiger partial charge < -0.3 is 15.5 Å². The molecule has 0 atom stereocenters. The molecule has 80 valence electrons. The Bertz CT molecular complexity index is 462. The highest BCUT2D eigenvalue weighted by molar-refractivity contribution is 5.78. The van der Waals surface area contributed by atoms with Crippen molar-refractivity contribution in [3.05, 3.63) is 24.0 Å². The second-order valence-electron chi connectivity index (χ2n) is 3.82. The molecule has 0 aliphatic heterocycles. The van der Waals surface area contributed by atoms with E-state index in [1.807, 2.05) is 32.0 Å². The van der Waals surface area contributed by atoms with Crippen molar-refractivity contribution in [1.82, 2.24) is 9.97 Å². The molecule has 15 heavy (non-hydrogen) atoms. The van der Waals surface area contributed by atoms with Gasteiger partial charge in [-0.3, -0.25) is 0 Å². The number of aromatic nitrogens is 2. The zero-order valence-corrected chi connectivity index (χ0v) is 8.95. The van der Waals surface area contributed by atoms with Crippen LogP contribution in [0.3, 0.4) is 0 Å². The summed E-state index contributed by atoms with van der Waals surface area (Å²) in [7, 11) is 0. The van der Waals surface area contributed by atoms with Crippen LogP contribution in [-0.4, -0.2) is 16.1 Å². The van der Waals surface area contributed by atoms with Gasteiger partial charge in [0.2, 0.25) is 0 Å². The van der Waals surface area contributed by atoms with Crippen LogP contribution in [0.15, 0.2) is 18.2 Å². The lowest BCUT2D eigenvalue weighted by molar-refractivity contribution is 0.0618. The van der Waals surface area contributed by atoms with Gasteiger partial charge in [0.05, 0.1) is 17.1 Å². The van der Waals surface area contributed by atoms with Crippen molar-refractivity contribution in [1.29, 1.82) is 0 Å². The summed E-state index contributed by atoms with van der Waals surface area (Å²) in [5.74, 6) is 0.837. The van der Waals surface area contributed by atoms with Gasteiger partial charge in [-0.1, -0.05) is 0 Å². The molecule has 0 fully saturated rings. The minimum absolute atomic E-state index is 0.211. The van der Waals surface area contributed by atoms with E-state index in [0.717, 1.165) is 22.5 Å². The third-order valence-corrected chi connectivity index (χ3v) is 2.11. The number of nitrogen functional groups attached to an aromatic ring is 1. The normalized spacial score (nSPS) is 11.4. The number of aromatic amines is 1. The predicted octanol–water partition coefficient (Wildman–Crippen LogP) is 2.07. The number of nitrogens with one attached hydrogen (secondary N) is 1. The number of rotatable bonds is 3. The van der Waals surface area contributed by atoms with Crippen LogP contribution >= 0.6 is 0 Å². The van der Waals surface area contributed by atoms with Crippen molar-refractivity contribution in [3.8, 4) is 0 Å². The lowest BCUT2D eigenvalue weighted by Gasteiger charge is -2.03. The van der Waals surface area contributed by atoms with E-state index in [9.17, 15) is 0 Å². The fourth-order valence-electron chi connectivity index (χ4n) is 1.39. The van der Waals surface area contributed by atoms with Crippen molar-refractivity contribution in [2.45, 2.75) is 26.6 Å². The zero-order valence-electron chi connectivity index (χ0n) is 8.95. The Kier molecular flexibility index (Phi) is 2.60. The molecule has 0 saturated heterocycles.